The van der Waals surface area contributed by atoms with Crippen LogP contribution in [0.4, 0.5) is 13.2 Å². The maximum atomic E-state index is 13.0. The van der Waals surface area contributed by atoms with Gasteiger partial charge in [0.15, 0.2) is 0 Å². The maximum absolute atomic E-state index is 13.0. The first kappa shape index (κ1) is 13.2. The number of rotatable bonds is 1. The van der Waals surface area contributed by atoms with Gasteiger partial charge in [-0.15, -0.1) is 0 Å². The molecule has 1 unspecified atom stereocenters. The summed E-state index contributed by atoms with van der Waals surface area (Å²) in [4.78, 5) is 0. The minimum Gasteiger partial charge on any atom is -0.464 e. The number of alkyl halides is 3. The van der Waals surface area contributed by atoms with Gasteiger partial charge in [-0.25, -0.2) is 0 Å². The standard InChI is InChI=1S/C15H14F3NO/c1-9-8-19-6-4-10(9)11-2-3-13(15(16,17)18)12-5-7-20-14(11)12/h2-5,7,9,19H,6,8H2,1H3. The van der Waals surface area contributed by atoms with Crippen molar-refractivity contribution in [2.45, 2.75) is 13.1 Å². The van der Waals surface area contributed by atoms with E-state index < -0.39 is 11.7 Å². The summed E-state index contributed by atoms with van der Waals surface area (Å²) in [7, 11) is 0. The summed E-state index contributed by atoms with van der Waals surface area (Å²) in [5.41, 5.74) is 1.47. The van der Waals surface area contributed by atoms with Crippen LogP contribution in [0.15, 0.2) is 35.0 Å². The van der Waals surface area contributed by atoms with E-state index in [1.54, 1.807) is 0 Å². The lowest BCUT2D eigenvalue weighted by Crippen LogP contribution is -2.27. The average molecular weight is 281 g/mol. The summed E-state index contributed by atoms with van der Waals surface area (Å²) in [6.45, 7) is 3.59. The Bertz CT molecular complexity index is 669. The highest BCUT2D eigenvalue weighted by atomic mass is 19.4. The van der Waals surface area contributed by atoms with Gasteiger partial charge >= 0.3 is 6.18 Å². The molecule has 0 saturated heterocycles. The van der Waals surface area contributed by atoms with E-state index in [0.29, 0.717) is 5.58 Å². The topological polar surface area (TPSA) is 25.2 Å². The lowest BCUT2D eigenvalue weighted by atomic mass is 9.89. The molecule has 1 N–H and O–H groups in total. The Morgan fingerprint density at radius 3 is 2.75 bits per heavy atom. The maximum Gasteiger partial charge on any atom is 0.417 e. The molecule has 2 nitrogen and oxygen atoms in total. The first-order chi connectivity index (χ1) is 9.48. The van der Waals surface area contributed by atoms with Crippen molar-refractivity contribution in [1.82, 2.24) is 5.32 Å². The lowest BCUT2D eigenvalue weighted by molar-refractivity contribution is -0.136. The van der Waals surface area contributed by atoms with Crippen molar-refractivity contribution >= 4 is 16.5 Å². The predicted molar refractivity (Wildman–Crippen MR) is 71.2 cm³/mol. The quantitative estimate of drug-likeness (QED) is 0.852. The van der Waals surface area contributed by atoms with Crippen LogP contribution in [-0.2, 0) is 6.18 Å². The van der Waals surface area contributed by atoms with Crippen LogP contribution in [0.3, 0.4) is 0 Å². The third-order valence-electron chi connectivity index (χ3n) is 3.68. The monoisotopic (exact) mass is 281 g/mol. The van der Waals surface area contributed by atoms with Crippen molar-refractivity contribution in [2.75, 3.05) is 13.1 Å². The molecule has 0 bridgehead atoms. The second kappa shape index (κ2) is 4.66. The molecule has 1 atom stereocenters. The molecule has 1 aliphatic rings. The van der Waals surface area contributed by atoms with E-state index in [2.05, 4.69) is 5.32 Å². The summed E-state index contributed by atoms with van der Waals surface area (Å²) in [6.07, 6.45) is -1.04. The minimum absolute atomic E-state index is 0.127. The average Bonchev–Trinajstić information content (AvgIpc) is 2.86. The first-order valence-corrected chi connectivity index (χ1v) is 6.47. The summed E-state index contributed by atoms with van der Waals surface area (Å²) in [5, 5.41) is 3.35. The van der Waals surface area contributed by atoms with E-state index in [9.17, 15) is 13.2 Å². The van der Waals surface area contributed by atoms with Gasteiger partial charge in [0.05, 0.1) is 11.8 Å². The third-order valence-corrected chi connectivity index (χ3v) is 3.68. The highest BCUT2D eigenvalue weighted by Crippen LogP contribution is 2.39. The van der Waals surface area contributed by atoms with Crippen LogP contribution in [-0.4, -0.2) is 13.1 Å². The van der Waals surface area contributed by atoms with Gasteiger partial charge in [0, 0.05) is 24.0 Å². The highest BCUT2D eigenvalue weighted by Gasteiger charge is 2.34. The van der Waals surface area contributed by atoms with Crippen molar-refractivity contribution in [2.24, 2.45) is 5.92 Å². The molecule has 106 valence electrons. The zero-order valence-corrected chi connectivity index (χ0v) is 10.9. The van der Waals surface area contributed by atoms with E-state index in [0.717, 1.165) is 30.3 Å². The molecule has 1 aromatic carbocycles. The first-order valence-electron chi connectivity index (χ1n) is 6.47. The van der Waals surface area contributed by atoms with Crippen LogP contribution in [0.2, 0.25) is 0 Å². The Labute approximate surface area is 114 Å². The zero-order valence-electron chi connectivity index (χ0n) is 10.9. The Morgan fingerprint density at radius 1 is 1.25 bits per heavy atom. The number of hydrogen-bond donors (Lipinski definition) is 1. The van der Waals surface area contributed by atoms with Crippen LogP contribution in [0.1, 0.15) is 18.1 Å². The van der Waals surface area contributed by atoms with Gasteiger partial charge in [0.25, 0.3) is 0 Å². The Hall–Kier alpha value is -1.75. The number of hydrogen-bond acceptors (Lipinski definition) is 2. The van der Waals surface area contributed by atoms with Crippen molar-refractivity contribution < 1.29 is 17.6 Å². The third kappa shape index (κ3) is 2.12. The second-order valence-electron chi connectivity index (χ2n) is 5.04. The van der Waals surface area contributed by atoms with Crippen molar-refractivity contribution in [3.63, 3.8) is 0 Å². The fraction of sp³-hybridized carbons (Fsp3) is 0.333. The zero-order chi connectivity index (χ0) is 14.3. The number of furan rings is 1. The summed E-state index contributed by atoms with van der Waals surface area (Å²) >= 11 is 0. The predicted octanol–water partition coefficient (Wildman–Crippen LogP) is 4.07. The number of halogens is 3. The number of nitrogens with one attached hydrogen (secondary N) is 1. The summed E-state index contributed by atoms with van der Waals surface area (Å²) in [5.74, 6) is 0.244. The van der Waals surface area contributed by atoms with Gasteiger partial charge < -0.3 is 9.73 Å². The molecule has 0 spiro atoms. The van der Waals surface area contributed by atoms with Crippen LogP contribution in [0.25, 0.3) is 16.5 Å². The SMILES string of the molecule is CC1CNCC=C1c1ccc(C(F)(F)F)c2ccoc12. The fourth-order valence-electron chi connectivity index (χ4n) is 2.71. The Balaban J connectivity index is 2.20. The molecule has 0 radical (unpaired) electrons. The molecule has 0 saturated carbocycles. The van der Waals surface area contributed by atoms with Gasteiger partial charge in [-0.2, -0.15) is 13.2 Å². The van der Waals surface area contributed by atoms with Crippen LogP contribution >= 0.6 is 0 Å². The molecule has 0 fully saturated rings. The van der Waals surface area contributed by atoms with Gasteiger partial charge in [-0.05, 0) is 23.6 Å². The number of benzene rings is 1. The molecule has 0 amide bonds. The van der Waals surface area contributed by atoms with E-state index in [4.69, 9.17) is 4.42 Å². The normalized spacial score (nSPS) is 20.2. The molecular weight excluding hydrogens is 267 g/mol. The van der Waals surface area contributed by atoms with E-state index in [1.165, 1.54) is 18.4 Å². The molecule has 3 rings (SSSR count). The smallest absolute Gasteiger partial charge is 0.417 e. The van der Waals surface area contributed by atoms with Crippen molar-refractivity contribution in [3.8, 4) is 0 Å². The minimum atomic E-state index is -4.37. The Morgan fingerprint density at radius 2 is 2.05 bits per heavy atom. The van der Waals surface area contributed by atoms with Crippen molar-refractivity contribution in [1.29, 1.82) is 0 Å². The molecule has 2 heterocycles. The molecular formula is C15H14F3NO. The Kier molecular flexibility index (Phi) is 3.09. The van der Waals surface area contributed by atoms with Crippen LogP contribution in [0, 0.1) is 5.92 Å². The molecule has 0 aliphatic carbocycles. The molecule has 20 heavy (non-hydrogen) atoms. The van der Waals surface area contributed by atoms with E-state index >= 15 is 0 Å². The number of fused-ring (bicyclic) bond motifs is 1. The second-order valence-corrected chi connectivity index (χ2v) is 5.04. The lowest BCUT2D eigenvalue weighted by Gasteiger charge is -2.22. The summed E-state index contributed by atoms with van der Waals surface area (Å²) < 4.78 is 44.3. The fourth-order valence-corrected chi connectivity index (χ4v) is 2.71. The van der Waals surface area contributed by atoms with Gasteiger partial charge in [0.2, 0.25) is 0 Å². The van der Waals surface area contributed by atoms with Crippen LogP contribution in [0.5, 0.6) is 0 Å². The molecule has 1 aliphatic heterocycles. The van der Waals surface area contributed by atoms with Crippen LogP contribution < -0.4 is 5.32 Å². The summed E-state index contributed by atoms with van der Waals surface area (Å²) in [6, 6.07) is 4.04. The molecule has 5 heteroatoms. The van der Waals surface area contributed by atoms with E-state index in [-0.39, 0.29) is 11.3 Å². The largest absolute Gasteiger partial charge is 0.464 e. The van der Waals surface area contributed by atoms with Crippen molar-refractivity contribution in [3.05, 3.63) is 41.7 Å². The molecule has 1 aromatic heterocycles. The van der Waals surface area contributed by atoms with Gasteiger partial charge in [0.1, 0.15) is 5.58 Å². The van der Waals surface area contributed by atoms with Gasteiger partial charge in [-0.1, -0.05) is 19.1 Å². The highest BCUT2D eigenvalue weighted by molar-refractivity contribution is 5.92. The molecule has 2 aromatic rings. The van der Waals surface area contributed by atoms with E-state index in [1.807, 2.05) is 13.0 Å². The van der Waals surface area contributed by atoms with Gasteiger partial charge in [-0.3, -0.25) is 0 Å².